The molecule has 3 aromatic rings. The molecule has 36 heavy (non-hydrogen) atoms. The third kappa shape index (κ3) is 4.84. The smallest absolute Gasteiger partial charge is 0.361 e. The second kappa shape index (κ2) is 10.7. The number of hydrogen-bond acceptors (Lipinski definition) is 9. The predicted molar refractivity (Wildman–Crippen MR) is 140 cm³/mol. The summed E-state index contributed by atoms with van der Waals surface area (Å²) in [5, 5.41) is 8.83. The average Bonchev–Trinajstić information content (AvgIpc) is 3.44. The molecule has 3 heterocycles. The summed E-state index contributed by atoms with van der Waals surface area (Å²) >= 11 is 0. The third-order valence-corrected chi connectivity index (χ3v) is 5.96. The van der Waals surface area contributed by atoms with Gasteiger partial charge in [-0.15, -0.1) is 15.0 Å². The first-order chi connectivity index (χ1) is 17.4. The number of fused-ring (bicyclic) bond motifs is 1. The molecule has 2 aromatic heterocycles. The summed E-state index contributed by atoms with van der Waals surface area (Å²) in [6, 6.07) is 9.61. The van der Waals surface area contributed by atoms with E-state index in [0.717, 1.165) is 48.6 Å². The van der Waals surface area contributed by atoms with Crippen molar-refractivity contribution < 1.29 is 14.3 Å². The Labute approximate surface area is 210 Å². The molecule has 0 spiro atoms. The quantitative estimate of drug-likeness (QED) is 0.416. The maximum Gasteiger partial charge on any atom is 0.361 e. The molecule has 10 nitrogen and oxygen atoms in total. The minimum Gasteiger partial charge on any atom is -0.496 e. The van der Waals surface area contributed by atoms with Gasteiger partial charge in [-0.1, -0.05) is 25.0 Å². The van der Waals surface area contributed by atoms with E-state index in [2.05, 4.69) is 33.9 Å². The van der Waals surface area contributed by atoms with Crippen molar-refractivity contribution in [3.63, 3.8) is 0 Å². The minimum absolute atomic E-state index is 0.0388. The van der Waals surface area contributed by atoms with E-state index >= 15 is 0 Å². The summed E-state index contributed by atoms with van der Waals surface area (Å²) in [4.78, 5) is 30.2. The summed E-state index contributed by atoms with van der Waals surface area (Å²) in [6.07, 6.45) is 2.22. The summed E-state index contributed by atoms with van der Waals surface area (Å²) in [6.45, 7) is 9.98. The Bertz CT molecular complexity index is 1340. The molecule has 1 aromatic carbocycles. The predicted octanol–water partition coefficient (Wildman–Crippen LogP) is 4.10. The number of aliphatic imine (C=N–C) groups is 1. The van der Waals surface area contributed by atoms with Gasteiger partial charge in [0.1, 0.15) is 17.3 Å². The Morgan fingerprint density at radius 3 is 2.58 bits per heavy atom. The number of ether oxygens (including phenoxy) is 2. The lowest BCUT2D eigenvalue weighted by Gasteiger charge is -2.22. The van der Waals surface area contributed by atoms with Crippen LogP contribution in [0.25, 0.3) is 11.4 Å². The first-order valence-corrected chi connectivity index (χ1v) is 12.0. The van der Waals surface area contributed by atoms with Crippen molar-refractivity contribution in [2.45, 2.75) is 40.5 Å². The Morgan fingerprint density at radius 2 is 1.92 bits per heavy atom. The number of aryl methyl sites for hydroxylation is 2. The first kappa shape index (κ1) is 25.0. The molecule has 0 aliphatic carbocycles. The summed E-state index contributed by atoms with van der Waals surface area (Å²) in [5.74, 6) is 1.69. The van der Waals surface area contributed by atoms with E-state index in [9.17, 15) is 4.79 Å². The monoisotopic (exact) mass is 489 g/mol. The summed E-state index contributed by atoms with van der Waals surface area (Å²) < 4.78 is 10.4. The van der Waals surface area contributed by atoms with E-state index in [4.69, 9.17) is 19.5 Å². The SMILES string of the molecule is CCCCN(CC)c1ccc(N=C2C(C(=O)OC)=Nn3nc(-c4cc(C)ccc4OC)nc32)c(C)n1. The van der Waals surface area contributed by atoms with Crippen molar-refractivity contribution in [1.82, 2.24) is 19.9 Å². The molecule has 1 aliphatic rings. The number of anilines is 1. The number of carbonyl (C=O) groups excluding carboxylic acids is 1. The van der Waals surface area contributed by atoms with Crippen molar-refractivity contribution in [2.75, 3.05) is 32.2 Å². The van der Waals surface area contributed by atoms with Gasteiger partial charge in [0.2, 0.25) is 11.5 Å². The van der Waals surface area contributed by atoms with Crippen LogP contribution in [-0.2, 0) is 9.53 Å². The van der Waals surface area contributed by atoms with Crippen molar-refractivity contribution in [1.29, 1.82) is 0 Å². The van der Waals surface area contributed by atoms with Crippen LogP contribution < -0.4 is 9.64 Å². The molecule has 0 bridgehead atoms. The minimum atomic E-state index is -0.616. The molecule has 1 aliphatic heterocycles. The molecule has 0 N–H and O–H groups in total. The third-order valence-electron chi connectivity index (χ3n) is 5.96. The van der Waals surface area contributed by atoms with Crippen molar-refractivity contribution in [3.05, 3.63) is 47.4 Å². The van der Waals surface area contributed by atoms with Crippen molar-refractivity contribution >= 4 is 28.9 Å². The van der Waals surface area contributed by atoms with Gasteiger partial charge in [0.25, 0.3) is 0 Å². The van der Waals surface area contributed by atoms with Gasteiger partial charge in [0, 0.05) is 13.1 Å². The Kier molecular flexibility index (Phi) is 7.42. The van der Waals surface area contributed by atoms with Crippen LogP contribution >= 0.6 is 0 Å². The maximum absolute atomic E-state index is 12.5. The van der Waals surface area contributed by atoms with E-state index in [0.29, 0.717) is 23.1 Å². The van der Waals surface area contributed by atoms with Gasteiger partial charge in [-0.2, -0.15) is 0 Å². The summed E-state index contributed by atoms with van der Waals surface area (Å²) in [5.41, 5.74) is 3.43. The first-order valence-electron chi connectivity index (χ1n) is 12.0. The molecule has 0 fully saturated rings. The van der Waals surface area contributed by atoms with Crippen LogP contribution in [0.5, 0.6) is 5.75 Å². The van der Waals surface area contributed by atoms with E-state index in [1.54, 1.807) is 7.11 Å². The second-order valence-electron chi connectivity index (χ2n) is 8.46. The Balaban J connectivity index is 1.76. The fraction of sp³-hybridized carbons (Fsp3) is 0.385. The second-order valence-corrected chi connectivity index (χ2v) is 8.46. The van der Waals surface area contributed by atoms with E-state index < -0.39 is 5.97 Å². The highest BCUT2D eigenvalue weighted by atomic mass is 16.5. The number of nitrogens with zero attached hydrogens (tertiary/aromatic N) is 7. The zero-order chi connectivity index (χ0) is 25.8. The van der Waals surface area contributed by atoms with Gasteiger partial charge in [0.15, 0.2) is 5.82 Å². The Morgan fingerprint density at radius 1 is 1.11 bits per heavy atom. The van der Waals surface area contributed by atoms with E-state index in [1.807, 2.05) is 44.2 Å². The maximum atomic E-state index is 12.5. The molecule has 10 heteroatoms. The normalized spacial score (nSPS) is 13.5. The highest BCUT2D eigenvalue weighted by molar-refractivity contribution is 6.69. The summed E-state index contributed by atoms with van der Waals surface area (Å²) in [7, 11) is 2.90. The number of hydrogen-bond donors (Lipinski definition) is 0. The van der Waals surface area contributed by atoms with Crippen LogP contribution in [0.2, 0.25) is 0 Å². The number of rotatable bonds is 9. The van der Waals surface area contributed by atoms with Crippen LogP contribution in [0.4, 0.5) is 11.5 Å². The van der Waals surface area contributed by atoms with E-state index in [1.165, 1.54) is 11.9 Å². The molecular weight excluding hydrogens is 458 g/mol. The lowest BCUT2D eigenvalue weighted by atomic mass is 10.1. The molecule has 0 saturated heterocycles. The van der Waals surface area contributed by atoms with Crippen LogP contribution in [0.1, 0.15) is 43.8 Å². The van der Waals surface area contributed by atoms with Gasteiger partial charge in [0.05, 0.1) is 31.2 Å². The van der Waals surface area contributed by atoms with Crippen LogP contribution in [0.15, 0.2) is 40.4 Å². The number of carbonyl (C=O) groups is 1. The average molecular weight is 490 g/mol. The zero-order valence-corrected chi connectivity index (χ0v) is 21.6. The fourth-order valence-electron chi connectivity index (χ4n) is 3.96. The van der Waals surface area contributed by atoms with Gasteiger partial charge >= 0.3 is 5.97 Å². The highest BCUT2D eigenvalue weighted by Gasteiger charge is 2.33. The lowest BCUT2D eigenvalue weighted by molar-refractivity contribution is -0.132. The number of methoxy groups -OCH3 is 2. The van der Waals surface area contributed by atoms with Gasteiger partial charge < -0.3 is 14.4 Å². The topological polar surface area (TPSA) is 107 Å². The number of aromatic nitrogens is 4. The molecule has 0 radical (unpaired) electrons. The fourth-order valence-corrected chi connectivity index (χ4v) is 3.96. The van der Waals surface area contributed by atoms with Crippen LogP contribution in [0.3, 0.4) is 0 Å². The Hall–Kier alpha value is -4.08. The van der Waals surface area contributed by atoms with Crippen molar-refractivity contribution in [2.24, 2.45) is 10.1 Å². The number of unbranched alkanes of at least 4 members (excludes halogenated alkanes) is 1. The lowest BCUT2D eigenvalue weighted by Crippen LogP contribution is -2.25. The zero-order valence-electron chi connectivity index (χ0n) is 21.6. The van der Waals surface area contributed by atoms with Crippen LogP contribution in [-0.4, -0.2) is 64.6 Å². The molecule has 4 rings (SSSR count). The molecule has 0 unspecified atom stereocenters. The van der Waals surface area contributed by atoms with Crippen molar-refractivity contribution in [3.8, 4) is 17.1 Å². The molecule has 188 valence electrons. The van der Waals surface area contributed by atoms with Gasteiger partial charge in [-0.05, 0) is 51.5 Å². The largest absolute Gasteiger partial charge is 0.496 e. The molecule has 0 saturated carbocycles. The molecular formula is C26H31N7O3. The van der Waals surface area contributed by atoms with Gasteiger partial charge in [-0.25, -0.2) is 19.8 Å². The van der Waals surface area contributed by atoms with Gasteiger partial charge in [-0.3, -0.25) is 0 Å². The number of benzene rings is 1. The molecule has 0 amide bonds. The molecule has 0 atom stereocenters. The highest BCUT2D eigenvalue weighted by Crippen LogP contribution is 2.30. The standard InChI is InChI=1S/C26H31N7O3/c1-7-9-14-32(8-2)21-13-11-19(17(4)27-21)28-22-23(26(34)36-6)30-33-25(22)29-24(31-33)18-15-16(3)10-12-20(18)35-5/h10-13,15H,7-9,14H2,1-6H3. The number of esters is 1. The number of pyridine rings is 1. The van der Waals surface area contributed by atoms with Crippen LogP contribution in [0, 0.1) is 13.8 Å². The van der Waals surface area contributed by atoms with E-state index in [-0.39, 0.29) is 11.4 Å².